The van der Waals surface area contributed by atoms with Crippen LogP contribution in [0.4, 0.5) is 0 Å². The quantitative estimate of drug-likeness (QED) is 0.385. The first-order valence-electron chi connectivity index (χ1n) is 8.41. The second-order valence-corrected chi connectivity index (χ2v) is 6.41. The summed E-state index contributed by atoms with van der Waals surface area (Å²) in [5, 5.41) is 3.50. The number of aromatic amines is 1. The first kappa shape index (κ1) is 14.1. The van der Waals surface area contributed by atoms with Crippen molar-refractivity contribution in [2.45, 2.75) is 6.92 Å². The molecule has 0 atom stereocenters. The van der Waals surface area contributed by atoms with Crippen molar-refractivity contribution in [1.82, 2.24) is 4.98 Å². The van der Waals surface area contributed by atoms with E-state index in [4.69, 9.17) is 4.42 Å². The summed E-state index contributed by atoms with van der Waals surface area (Å²) in [7, 11) is 0. The predicted molar refractivity (Wildman–Crippen MR) is 106 cm³/mol. The maximum Gasteiger partial charge on any atom is 0.143 e. The normalized spacial score (nSPS) is 11.6. The Morgan fingerprint density at radius 3 is 2.64 bits per heavy atom. The molecule has 0 bridgehead atoms. The number of hydrogen-bond acceptors (Lipinski definition) is 1. The fourth-order valence-electron chi connectivity index (χ4n) is 3.75. The molecule has 0 unspecified atom stereocenters. The van der Waals surface area contributed by atoms with Gasteiger partial charge in [0.25, 0.3) is 0 Å². The average Bonchev–Trinajstić information content (AvgIpc) is 3.17. The van der Waals surface area contributed by atoms with Gasteiger partial charge in [-0.05, 0) is 30.7 Å². The van der Waals surface area contributed by atoms with Crippen molar-refractivity contribution in [2.75, 3.05) is 0 Å². The molecule has 0 amide bonds. The largest absolute Gasteiger partial charge is 0.455 e. The van der Waals surface area contributed by atoms with Gasteiger partial charge in [-0.15, -0.1) is 0 Å². The molecule has 0 fully saturated rings. The van der Waals surface area contributed by atoms with E-state index in [1.54, 1.807) is 0 Å². The lowest BCUT2D eigenvalue weighted by Gasteiger charge is -2.04. The number of rotatable bonds is 2. The molecule has 2 heterocycles. The number of hydrogen-bond donors (Lipinski definition) is 1. The number of aryl methyl sites for hydroxylation is 1. The van der Waals surface area contributed by atoms with E-state index < -0.39 is 0 Å². The Morgan fingerprint density at radius 2 is 1.76 bits per heavy atom. The Hall–Kier alpha value is -3.26. The van der Waals surface area contributed by atoms with Crippen LogP contribution in [-0.4, -0.2) is 4.98 Å². The lowest BCUT2D eigenvalue weighted by molar-refractivity contribution is 0.670. The number of fused-ring (bicyclic) bond motifs is 4. The van der Waals surface area contributed by atoms with Gasteiger partial charge in [-0.3, -0.25) is 0 Å². The third-order valence-corrected chi connectivity index (χ3v) is 4.96. The Morgan fingerprint density at radius 1 is 0.920 bits per heavy atom. The Balaban J connectivity index is 1.83. The van der Waals surface area contributed by atoms with Crippen molar-refractivity contribution in [3.8, 4) is 11.1 Å². The fraction of sp³-hybridized carbons (Fsp3) is 0.0435. The monoisotopic (exact) mass is 323 g/mol. The number of furan rings is 1. The van der Waals surface area contributed by atoms with Gasteiger partial charge >= 0.3 is 0 Å². The van der Waals surface area contributed by atoms with Crippen molar-refractivity contribution in [1.29, 1.82) is 0 Å². The minimum atomic E-state index is 0.926. The van der Waals surface area contributed by atoms with Gasteiger partial charge in [0.05, 0.1) is 0 Å². The lowest BCUT2D eigenvalue weighted by atomic mass is 10.00. The van der Waals surface area contributed by atoms with Crippen LogP contribution < -0.4 is 0 Å². The molecule has 1 N–H and O–H groups in total. The molecule has 0 radical (unpaired) electrons. The van der Waals surface area contributed by atoms with Gasteiger partial charge in [0.1, 0.15) is 11.2 Å². The Bertz CT molecular complexity index is 1270. The van der Waals surface area contributed by atoms with Crippen LogP contribution in [0.15, 0.2) is 71.7 Å². The highest BCUT2D eigenvalue weighted by molar-refractivity contribution is 6.10. The average molecular weight is 323 g/mol. The molecule has 2 heteroatoms. The van der Waals surface area contributed by atoms with Gasteiger partial charge in [-0.2, -0.15) is 0 Å². The van der Waals surface area contributed by atoms with Crippen LogP contribution in [0.25, 0.3) is 50.0 Å². The van der Waals surface area contributed by atoms with Crippen molar-refractivity contribution >= 4 is 38.9 Å². The van der Waals surface area contributed by atoms with Gasteiger partial charge in [-0.25, -0.2) is 0 Å². The zero-order chi connectivity index (χ0) is 17.0. The molecular weight excluding hydrogens is 306 g/mol. The topological polar surface area (TPSA) is 28.9 Å². The molecule has 2 nitrogen and oxygen atoms in total. The standard InChI is InChI=1S/C23H17NO/c1-3-16-14(2)24-21-12-11-15(13-20(16)21)17-8-6-9-19-18-7-4-5-10-22(18)25-23(17)19/h3-13,24H,1H2,2H3. The lowest BCUT2D eigenvalue weighted by Crippen LogP contribution is -1.80. The van der Waals surface area contributed by atoms with Crippen LogP contribution in [0.3, 0.4) is 0 Å². The van der Waals surface area contributed by atoms with Gasteiger partial charge in [0, 0.05) is 38.5 Å². The van der Waals surface area contributed by atoms with Gasteiger partial charge in [0.15, 0.2) is 0 Å². The van der Waals surface area contributed by atoms with Crippen molar-refractivity contribution in [3.05, 3.63) is 78.5 Å². The second-order valence-electron chi connectivity index (χ2n) is 6.41. The summed E-state index contributed by atoms with van der Waals surface area (Å²) in [4.78, 5) is 3.42. The summed E-state index contributed by atoms with van der Waals surface area (Å²) in [6.07, 6.45) is 1.92. The summed E-state index contributed by atoms with van der Waals surface area (Å²) in [5.74, 6) is 0. The molecule has 0 saturated carbocycles. The molecule has 120 valence electrons. The van der Waals surface area contributed by atoms with Crippen LogP contribution in [0.5, 0.6) is 0 Å². The van der Waals surface area contributed by atoms with E-state index in [9.17, 15) is 0 Å². The van der Waals surface area contributed by atoms with E-state index in [1.165, 1.54) is 5.39 Å². The Labute approximate surface area is 145 Å². The molecule has 5 rings (SSSR count). The van der Waals surface area contributed by atoms with Crippen LogP contribution in [0.1, 0.15) is 11.3 Å². The van der Waals surface area contributed by atoms with Crippen LogP contribution >= 0.6 is 0 Å². The van der Waals surface area contributed by atoms with Gasteiger partial charge in [-0.1, -0.05) is 55.1 Å². The molecule has 0 aliphatic heterocycles. The molecule has 0 aliphatic rings. The zero-order valence-corrected chi connectivity index (χ0v) is 14.0. The number of nitrogens with one attached hydrogen (secondary N) is 1. The Kier molecular flexibility index (Phi) is 2.89. The first-order chi connectivity index (χ1) is 12.3. The summed E-state index contributed by atoms with van der Waals surface area (Å²) < 4.78 is 6.18. The van der Waals surface area contributed by atoms with E-state index in [1.807, 2.05) is 18.2 Å². The zero-order valence-electron chi connectivity index (χ0n) is 14.0. The SMILES string of the molecule is C=Cc1c(C)[nH]c2ccc(-c3cccc4c3oc3ccccc34)cc12. The fourth-order valence-corrected chi connectivity index (χ4v) is 3.75. The van der Waals surface area contributed by atoms with Crippen LogP contribution in [0.2, 0.25) is 0 Å². The summed E-state index contributed by atoms with van der Waals surface area (Å²) in [6.45, 7) is 6.04. The molecule has 0 spiro atoms. The highest BCUT2D eigenvalue weighted by atomic mass is 16.3. The smallest absolute Gasteiger partial charge is 0.143 e. The first-order valence-corrected chi connectivity index (χ1v) is 8.41. The number of para-hydroxylation sites is 2. The minimum absolute atomic E-state index is 0.926. The van der Waals surface area contributed by atoms with E-state index in [2.05, 4.69) is 67.0 Å². The number of aromatic nitrogens is 1. The van der Waals surface area contributed by atoms with Crippen molar-refractivity contribution in [3.63, 3.8) is 0 Å². The van der Waals surface area contributed by atoms with E-state index in [-0.39, 0.29) is 0 Å². The number of H-pyrrole nitrogens is 1. The molecule has 0 saturated heterocycles. The van der Waals surface area contributed by atoms with Gasteiger partial charge in [0.2, 0.25) is 0 Å². The highest BCUT2D eigenvalue weighted by Gasteiger charge is 2.13. The summed E-state index contributed by atoms with van der Waals surface area (Å²) >= 11 is 0. The summed E-state index contributed by atoms with van der Waals surface area (Å²) in [6, 6.07) is 21.0. The van der Waals surface area contributed by atoms with Crippen molar-refractivity contribution < 1.29 is 4.42 Å². The molecule has 25 heavy (non-hydrogen) atoms. The van der Waals surface area contributed by atoms with E-state index >= 15 is 0 Å². The van der Waals surface area contributed by atoms with Crippen LogP contribution in [-0.2, 0) is 0 Å². The highest BCUT2D eigenvalue weighted by Crippen LogP contribution is 2.37. The van der Waals surface area contributed by atoms with E-state index in [0.717, 1.165) is 49.8 Å². The van der Waals surface area contributed by atoms with Crippen molar-refractivity contribution in [2.24, 2.45) is 0 Å². The molecule has 0 aliphatic carbocycles. The second kappa shape index (κ2) is 5.12. The molecule has 2 aromatic heterocycles. The maximum atomic E-state index is 6.18. The maximum absolute atomic E-state index is 6.18. The third kappa shape index (κ3) is 1.97. The summed E-state index contributed by atoms with van der Waals surface area (Å²) in [5.41, 5.74) is 7.57. The molecular formula is C23H17NO. The molecule has 3 aromatic carbocycles. The van der Waals surface area contributed by atoms with E-state index in [0.29, 0.717) is 0 Å². The minimum Gasteiger partial charge on any atom is -0.455 e. The van der Waals surface area contributed by atoms with Gasteiger partial charge < -0.3 is 9.40 Å². The molecule has 5 aromatic rings. The third-order valence-electron chi connectivity index (χ3n) is 4.96. The van der Waals surface area contributed by atoms with Crippen LogP contribution in [0, 0.1) is 6.92 Å². The number of benzene rings is 3. The predicted octanol–water partition coefficient (Wildman–Crippen LogP) is 6.69.